The summed E-state index contributed by atoms with van der Waals surface area (Å²) in [6.45, 7) is 5.25. The van der Waals surface area contributed by atoms with Gasteiger partial charge in [0, 0.05) is 26.1 Å². The van der Waals surface area contributed by atoms with Gasteiger partial charge in [0.15, 0.2) is 5.96 Å². The summed E-state index contributed by atoms with van der Waals surface area (Å²) < 4.78 is 0. The van der Waals surface area contributed by atoms with Crippen molar-refractivity contribution in [3.8, 4) is 0 Å². The van der Waals surface area contributed by atoms with Gasteiger partial charge in [0.2, 0.25) is 59.1 Å². The number of hydrogen-bond acceptors (Lipinski definition) is 16. The van der Waals surface area contributed by atoms with Crippen molar-refractivity contribution in [1.82, 2.24) is 52.3 Å². The highest BCUT2D eigenvalue weighted by molar-refractivity contribution is 6.00. The van der Waals surface area contributed by atoms with Crippen LogP contribution in [0.5, 0.6) is 0 Å². The first-order chi connectivity index (χ1) is 37.5. The zero-order chi connectivity index (χ0) is 58.9. The third-order valence-corrected chi connectivity index (χ3v) is 14.3. The Kier molecular flexibility index (Phi) is 28.4. The van der Waals surface area contributed by atoms with E-state index >= 15 is 0 Å². The fourth-order valence-corrected chi connectivity index (χ4v) is 9.53. The van der Waals surface area contributed by atoms with Gasteiger partial charge >= 0.3 is 5.97 Å². The number of unbranched alkanes of at least 4 members (excludes halogenated alkanes) is 2. The van der Waals surface area contributed by atoms with Crippen LogP contribution in [-0.4, -0.2) is 202 Å². The van der Waals surface area contributed by atoms with Crippen molar-refractivity contribution >= 4 is 71.0 Å². The normalized spacial score (nSPS) is 27.3. The van der Waals surface area contributed by atoms with E-state index in [1.807, 2.05) is 0 Å². The number of nitrogens with zero attached hydrogens (tertiary/aromatic N) is 3. The van der Waals surface area contributed by atoms with Gasteiger partial charge in [-0.3, -0.25) is 57.7 Å². The summed E-state index contributed by atoms with van der Waals surface area (Å²) in [5.41, 5.74) is 22.6. The number of amides is 10. The maximum Gasteiger partial charge on any atom is 0.303 e. The first-order valence-corrected chi connectivity index (χ1v) is 27.5. The molecule has 3 saturated heterocycles. The third kappa shape index (κ3) is 20.5. The predicted molar refractivity (Wildman–Crippen MR) is 286 cm³/mol. The largest absolute Gasteiger partial charge is 0.481 e. The Balaban J connectivity index is 2.18. The minimum absolute atomic E-state index is 0.00481. The molecule has 79 heavy (non-hydrogen) atoms. The Morgan fingerprint density at radius 1 is 0.544 bits per heavy atom. The van der Waals surface area contributed by atoms with Crippen molar-refractivity contribution in [3.63, 3.8) is 0 Å². The van der Waals surface area contributed by atoms with Gasteiger partial charge in [-0.2, -0.15) is 0 Å². The van der Waals surface area contributed by atoms with Gasteiger partial charge in [0.1, 0.15) is 60.4 Å². The number of carboxylic acids is 1. The molecule has 3 aliphatic rings. The number of carbonyl (C=O) groups is 11. The summed E-state index contributed by atoms with van der Waals surface area (Å²) in [4.78, 5) is 160. The molecule has 3 fully saturated rings. The number of nitrogens with two attached hydrogens (primary N) is 4. The standard InChI is InChI=1S/C50H87N15O14/c1-5-28(4)39-49(79)65-24-12-17-36(65)48(78)64-23-11-16-35(64)46(76)58-32(18-19-37(68)69)43(73)61-33(25-66)44(74)62-38(27(2)3)47(77)59-31(15-10-22-55-50(53)54)41(71)56-29(13-6-8-20-51)40(70)57-30(14-7-9-21-52)42(72)60-34(26-67)45(75)63-39/h27-36,38-39,66-67H,5-26,51-52H2,1-4H3,(H,56,71)(H,57,70)(H,58,76)(H,59,77)(H,60,72)(H,61,73)(H,62,74)(H,63,75)(H,68,69)(H4,53,54,55)/t28-,29-,30-,31-,32-,33-,34-,35-,36+,38-,39-/m0/s1. The Morgan fingerprint density at radius 3 is 1.39 bits per heavy atom. The third-order valence-electron chi connectivity index (χ3n) is 14.3. The van der Waals surface area contributed by atoms with Crippen molar-refractivity contribution in [2.24, 2.45) is 39.8 Å². The van der Waals surface area contributed by atoms with Gasteiger partial charge in [0.25, 0.3) is 0 Å². The lowest BCUT2D eigenvalue weighted by Gasteiger charge is -2.35. The summed E-state index contributed by atoms with van der Waals surface area (Å²) in [7, 11) is 0. The van der Waals surface area contributed by atoms with E-state index < -0.39 is 163 Å². The number of nitrogens with one attached hydrogen (secondary N) is 8. The van der Waals surface area contributed by atoms with E-state index in [1.54, 1.807) is 27.7 Å². The van der Waals surface area contributed by atoms with Crippen molar-refractivity contribution < 1.29 is 68.1 Å². The first-order valence-electron chi connectivity index (χ1n) is 27.5. The van der Waals surface area contributed by atoms with E-state index in [4.69, 9.17) is 22.9 Å². The number of aliphatic hydroxyl groups excluding tert-OH is 2. The van der Waals surface area contributed by atoms with E-state index in [0.717, 1.165) is 0 Å². The highest BCUT2D eigenvalue weighted by Crippen LogP contribution is 2.27. The van der Waals surface area contributed by atoms with Crippen molar-refractivity contribution in [3.05, 3.63) is 0 Å². The fourth-order valence-electron chi connectivity index (χ4n) is 9.53. The van der Waals surface area contributed by atoms with Crippen LogP contribution in [0.25, 0.3) is 0 Å². The quantitative estimate of drug-likeness (QED) is 0.0308. The SMILES string of the molecule is CC[C@H](C)[C@@H]1NC(=O)[C@H](CO)NC(=O)[C@H](CCCCN)NC(=O)[C@H](CCCCN)NC(=O)[C@H](CCCN=C(N)N)NC(=O)[C@H](C(C)C)NC(=O)[C@H](CO)NC(=O)[C@H](CCC(=O)O)NC(=O)[C@@H]2CCCN2C(=O)[C@H]2CCCN2C1=O. The van der Waals surface area contributed by atoms with Crippen LogP contribution in [0.3, 0.4) is 0 Å². The lowest BCUT2D eigenvalue weighted by atomic mass is 9.96. The first kappa shape index (κ1) is 66.6. The molecule has 3 rings (SSSR count). The van der Waals surface area contributed by atoms with E-state index in [1.165, 1.54) is 9.80 Å². The van der Waals surface area contributed by atoms with Gasteiger partial charge < -0.3 is 90.6 Å². The number of fused-ring (bicyclic) bond motifs is 2. The van der Waals surface area contributed by atoms with Crippen molar-refractivity contribution in [1.29, 1.82) is 0 Å². The lowest BCUT2D eigenvalue weighted by Crippen LogP contribution is -2.62. The number of aliphatic hydroxyl groups is 2. The average molecular weight is 1120 g/mol. The molecule has 10 amide bonds. The molecule has 446 valence electrons. The summed E-state index contributed by atoms with van der Waals surface area (Å²) in [6, 6.07) is -14.2. The number of hydrogen-bond donors (Lipinski definition) is 15. The molecule has 0 aromatic rings. The molecule has 0 aliphatic carbocycles. The Morgan fingerprint density at radius 2 is 0.949 bits per heavy atom. The molecule has 0 radical (unpaired) electrons. The summed E-state index contributed by atoms with van der Waals surface area (Å²) in [5, 5.41) is 51.0. The van der Waals surface area contributed by atoms with Crippen LogP contribution in [0.1, 0.15) is 124 Å². The van der Waals surface area contributed by atoms with Crippen LogP contribution < -0.4 is 65.5 Å². The second kappa shape index (κ2) is 33.7. The highest BCUT2D eigenvalue weighted by Gasteiger charge is 2.45. The summed E-state index contributed by atoms with van der Waals surface area (Å²) >= 11 is 0. The zero-order valence-corrected chi connectivity index (χ0v) is 46.0. The van der Waals surface area contributed by atoms with Crippen LogP contribution in [0, 0.1) is 11.8 Å². The van der Waals surface area contributed by atoms with E-state index in [2.05, 4.69) is 47.5 Å². The van der Waals surface area contributed by atoms with Crippen LogP contribution in [-0.2, 0) is 52.7 Å². The minimum atomic E-state index is -1.77. The number of carboxylic acid groups (broad SMARTS) is 1. The smallest absolute Gasteiger partial charge is 0.303 e. The fraction of sp³-hybridized carbons (Fsp3) is 0.760. The molecule has 0 unspecified atom stereocenters. The minimum Gasteiger partial charge on any atom is -0.481 e. The molecule has 29 nitrogen and oxygen atoms in total. The summed E-state index contributed by atoms with van der Waals surface area (Å²) in [6.07, 6.45) is 1.71. The molecule has 11 atom stereocenters. The molecular weight excluding hydrogens is 1030 g/mol. The van der Waals surface area contributed by atoms with Crippen molar-refractivity contribution in [2.75, 3.05) is 45.9 Å². The number of guanidine groups is 1. The van der Waals surface area contributed by atoms with Crippen LogP contribution in [0.4, 0.5) is 0 Å². The van der Waals surface area contributed by atoms with E-state index in [0.29, 0.717) is 44.9 Å². The molecule has 29 heteroatoms. The predicted octanol–water partition coefficient (Wildman–Crippen LogP) is -5.28. The molecule has 19 N–H and O–H groups in total. The number of aliphatic imine (C=N–C) groups is 1. The molecular formula is C50H87N15O14. The molecule has 0 saturated carbocycles. The van der Waals surface area contributed by atoms with Crippen LogP contribution in [0.2, 0.25) is 0 Å². The Bertz CT molecular complexity index is 2150. The molecule has 0 aromatic carbocycles. The highest BCUT2D eigenvalue weighted by atomic mass is 16.4. The van der Waals surface area contributed by atoms with Gasteiger partial charge in [-0.05, 0) is 108 Å². The molecule has 0 aromatic heterocycles. The lowest BCUT2D eigenvalue weighted by molar-refractivity contribution is -0.149. The van der Waals surface area contributed by atoms with Gasteiger partial charge in [-0.1, -0.05) is 34.1 Å². The maximum absolute atomic E-state index is 14.6. The molecule has 3 heterocycles. The number of rotatable bonds is 20. The summed E-state index contributed by atoms with van der Waals surface area (Å²) in [5.74, 6) is -11.5. The average Bonchev–Trinajstić information content (AvgIpc) is 4.14. The van der Waals surface area contributed by atoms with Crippen molar-refractivity contribution in [2.45, 2.75) is 184 Å². The second-order valence-corrected chi connectivity index (χ2v) is 20.7. The maximum atomic E-state index is 14.6. The van der Waals surface area contributed by atoms with Gasteiger partial charge in [-0.15, -0.1) is 0 Å². The number of aliphatic carboxylic acids is 1. The molecule has 0 bridgehead atoms. The molecule has 0 spiro atoms. The Labute approximate surface area is 460 Å². The van der Waals surface area contributed by atoms with Gasteiger partial charge in [0.05, 0.1) is 13.2 Å². The van der Waals surface area contributed by atoms with Crippen LogP contribution >= 0.6 is 0 Å². The number of carbonyl (C=O) groups excluding carboxylic acids is 10. The van der Waals surface area contributed by atoms with E-state index in [9.17, 15) is 68.1 Å². The van der Waals surface area contributed by atoms with Gasteiger partial charge in [-0.25, -0.2) is 0 Å². The molecule has 3 aliphatic heterocycles. The monoisotopic (exact) mass is 1120 g/mol. The topological polar surface area (TPSA) is 468 Å². The second-order valence-electron chi connectivity index (χ2n) is 20.7. The Hall–Kier alpha value is -6.72. The zero-order valence-electron chi connectivity index (χ0n) is 46.0. The van der Waals surface area contributed by atoms with Crippen LogP contribution in [0.15, 0.2) is 4.99 Å². The van der Waals surface area contributed by atoms with E-state index in [-0.39, 0.29) is 77.2 Å².